The first-order chi connectivity index (χ1) is 30.2. The van der Waals surface area contributed by atoms with E-state index in [0.29, 0.717) is 28.7 Å². The maximum absolute atomic E-state index is 9.25. The summed E-state index contributed by atoms with van der Waals surface area (Å²) in [5.74, 6) is 1.46. The summed E-state index contributed by atoms with van der Waals surface area (Å²) in [6.45, 7) is 0. The fraction of sp³-hybridized carbons (Fsp3) is 0. The van der Waals surface area contributed by atoms with E-state index < -0.39 is 0 Å². The number of nitrogens with zero attached hydrogens (tertiary/aromatic N) is 4. The van der Waals surface area contributed by atoms with Crippen LogP contribution in [0.2, 0.25) is 0 Å². The Hall–Kier alpha value is -7.21. The van der Waals surface area contributed by atoms with Gasteiger partial charge in [0.2, 0.25) is 0 Å². The average molecular weight is 739 g/mol. The standard InChI is InChI=1S/C51H32N4S/c1-3-16-33(17-4-1)36-20-7-8-24-42(36)51-53-49(34-18-5-2-6-19-34)52-50(54-51)35-30-31-46(55-44-27-12-9-21-37(44)38-22-10-13-28-45(38)55)43(32-35)41-26-15-25-40-39-23-11-14-29-47(39)56-48(40)41/h1-32H/i9D,10D,21D,22D,27D,28D. The number of aromatic nitrogens is 4. The van der Waals surface area contributed by atoms with E-state index in [1.807, 2.05) is 103 Å². The molecule has 262 valence electrons. The first-order valence-electron chi connectivity index (χ1n) is 21.3. The zero-order valence-electron chi connectivity index (χ0n) is 35.7. The van der Waals surface area contributed by atoms with Crippen LogP contribution in [0, 0.1) is 0 Å². The molecule has 0 aliphatic heterocycles. The minimum Gasteiger partial charge on any atom is -0.309 e. The predicted octanol–water partition coefficient (Wildman–Crippen LogP) is 13.7. The molecule has 11 rings (SSSR count). The Bertz CT molecular complexity index is 3530. The molecule has 0 saturated carbocycles. The van der Waals surface area contributed by atoms with Crippen LogP contribution in [0.1, 0.15) is 8.22 Å². The lowest BCUT2D eigenvalue weighted by Crippen LogP contribution is -2.02. The van der Waals surface area contributed by atoms with Crippen LogP contribution < -0.4 is 0 Å². The zero-order chi connectivity index (χ0) is 42.2. The molecule has 8 aromatic carbocycles. The van der Waals surface area contributed by atoms with Crippen molar-refractivity contribution in [2.45, 2.75) is 0 Å². The van der Waals surface area contributed by atoms with E-state index in [1.165, 1.54) is 12.1 Å². The molecule has 3 aromatic heterocycles. The summed E-state index contributed by atoms with van der Waals surface area (Å²) in [6.07, 6.45) is 0. The van der Waals surface area contributed by atoms with Gasteiger partial charge in [0.1, 0.15) is 0 Å². The van der Waals surface area contributed by atoms with Crippen molar-refractivity contribution < 1.29 is 8.22 Å². The minimum atomic E-state index is -0.165. The van der Waals surface area contributed by atoms with E-state index >= 15 is 0 Å². The predicted molar refractivity (Wildman–Crippen MR) is 234 cm³/mol. The third kappa shape index (κ3) is 5.32. The molecule has 11 aromatic rings. The van der Waals surface area contributed by atoms with Gasteiger partial charge < -0.3 is 4.57 Å². The lowest BCUT2D eigenvalue weighted by molar-refractivity contribution is 1.07. The molecule has 0 fully saturated rings. The highest BCUT2D eigenvalue weighted by atomic mass is 32.1. The van der Waals surface area contributed by atoms with Gasteiger partial charge in [0.05, 0.1) is 24.9 Å². The number of hydrogen-bond acceptors (Lipinski definition) is 4. The van der Waals surface area contributed by atoms with Crippen LogP contribution in [0.3, 0.4) is 0 Å². The number of fused-ring (bicyclic) bond motifs is 6. The summed E-state index contributed by atoms with van der Waals surface area (Å²) in [7, 11) is 0. The van der Waals surface area contributed by atoms with Crippen molar-refractivity contribution in [2.75, 3.05) is 0 Å². The van der Waals surface area contributed by atoms with Crippen LogP contribution in [-0.4, -0.2) is 19.5 Å². The lowest BCUT2D eigenvalue weighted by Gasteiger charge is -2.17. The fourth-order valence-corrected chi connectivity index (χ4v) is 8.92. The van der Waals surface area contributed by atoms with Crippen molar-refractivity contribution >= 4 is 53.3 Å². The van der Waals surface area contributed by atoms with Crippen LogP contribution in [0.4, 0.5) is 0 Å². The highest BCUT2D eigenvalue weighted by Gasteiger charge is 2.21. The number of para-hydroxylation sites is 2. The summed E-state index contributed by atoms with van der Waals surface area (Å²) in [6, 6.07) is 50.4. The summed E-state index contributed by atoms with van der Waals surface area (Å²) >= 11 is 1.68. The van der Waals surface area contributed by atoms with Gasteiger partial charge in [-0.05, 0) is 47.5 Å². The number of hydrogen-bond donors (Lipinski definition) is 0. The van der Waals surface area contributed by atoms with Gasteiger partial charge in [0, 0.05) is 58.8 Å². The summed E-state index contributed by atoms with van der Waals surface area (Å²) in [5, 5.41) is 2.61. The topological polar surface area (TPSA) is 43.6 Å². The molecule has 0 aliphatic carbocycles. The maximum Gasteiger partial charge on any atom is 0.164 e. The average Bonchev–Trinajstić information content (AvgIpc) is 3.88. The molecular formula is C51H32N4S. The van der Waals surface area contributed by atoms with E-state index in [2.05, 4.69) is 42.5 Å². The number of benzene rings is 8. The Morgan fingerprint density at radius 3 is 1.75 bits per heavy atom. The van der Waals surface area contributed by atoms with Gasteiger partial charge in [-0.3, -0.25) is 0 Å². The van der Waals surface area contributed by atoms with E-state index in [0.717, 1.165) is 53.6 Å². The minimum absolute atomic E-state index is 0.0238. The van der Waals surface area contributed by atoms with Gasteiger partial charge in [-0.1, -0.05) is 158 Å². The second kappa shape index (κ2) is 13.3. The molecule has 0 atom stereocenters. The van der Waals surface area contributed by atoms with E-state index in [9.17, 15) is 2.74 Å². The Morgan fingerprint density at radius 2 is 1.00 bits per heavy atom. The monoisotopic (exact) mass is 738 g/mol. The molecule has 0 amide bonds. The van der Waals surface area contributed by atoms with E-state index in [4.69, 9.17) is 20.4 Å². The molecule has 5 heteroatoms. The van der Waals surface area contributed by atoms with E-state index in [1.54, 1.807) is 15.9 Å². The van der Waals surface area contributed by atoms with E-state index in [-0.39, 0.29) is 58.1 Å². The van der Waals surface area contributed by atoms with Crippen LogP contribution in [0.5, 0.6) is 0 Å². The van der Waals surface area contributed by atoms with Crippen molar-refractivity contribution in [1.29, 1.82) is 0 Å². The quantitative estimate of drug-likeness (QED) is 0.171. The largest absolute Gasteiger partial charge is 0.309 e. The maximum atomic E-state index is 9.25. The first kappa shape index (κ1) is 26.5. The van der Waals surface area contributed by atoms with Crippen LogP contribution >= 0.6 is 11.3 Å². The summed E-state index contributed by atoms with van der Waals surface area (Å²) < 4.78 is 57.7. The molecule has 0 spiro atoms. The van der Waals surface area contributed by atoms with Gasteiger partial charge in [-0.25, -0.2) is 15.0 Å². The Morgan fingerprint density at radius 1 is 0.411 bits per heavy atom. The second-order valence-electron chi connectivity index (χ2n) is 13.5. The lowest BCUT2D eigenvalue weighted by atomic mass is 9.97. The van der Waals surface area contributed by atoms with Gasteiger partial charge in [0.15, 0.2) is 17.5 Å². The molecule has 0 unspecified atom stereocenters. The SMILES string of the molecule is [2H]c1cc([2H])c2c(c1[2H])c1c([2H])c([2H])cc([2H])c1n2-c1ccc(-c2nc(-c3ccccc3)nc(-c3ccccc3-c3ccccc3)n2)cc1-c1cccc2c1sc1ccccc12. The van der Waals surface area contributed by atoms with Crippen LogP contribution in [-0.2, 0) is 0 Å². The van der Waals surface area contributed by atoms with Crippen molar-refractivity contribution in [3.8, 4) is 62.1 Å². The third-order valence-corrected chi connectivity index (χ3v) is 11.5. The molecule has 0 N–H and O–H groups in total. The molecule has 0 aliphatic rings. The van der Waals surface area contributed by atoms with Crippen molar-refractivity contribution in [2.24, 2.45) is 0 Å². The molecule has 0 bridgehead atoms. The highest BCUT2D eigenvalue weighted by molar-refractivity contribution is 7.26. The molecule has 3 heterocycles. The number of thiophene rings is 1. The van der Waals surface area contributed by atoms with Crippen molar-refractivity contribution in [1.82, 2.24) is 19.5 Å². The molecule has 4 nitrogen and oxygen atoms in total. The van der Waals surface area contributed by atoms with Crippen molar-refractivity contribution in [3.05, 3.63) is 194 Å². The molecule has 0 saturated heterocycles. The molecule has 56 heavy (non-hydrogen) atoms. The van der Waals surface area contributed by atoms with Crippen LogP contribution in [0.15, 0.2) is 194 Å². The van der Waals surface area contributed by atoms with Gasteiger partial charge in [-0.2, -0.15) is 0 Å². The smallest absolute Gasteiger partial charge is 0.164 e. The summed E-state index contributed by atoms with van der Waals surface area (Å²) in [4.78, 5) is 15.4. The normalized spacial score (nSPS) is 13.1. The number of rotatable bonds is 6. The molecule has 0 radical (unpaired) electrons. The zero-order valence-corrected chi connectivity index (χ0v) is 30.5. The first-order valence-corrected chi connectivity index (χ1v) is 19.1. The highest BCUT2D eigenvalue weighted by Crippen LogP contribution is 2.44. The van der Waals surface area contributed by atoms with Gasteiger partial charge >= 0.3 is 0 Å². The summed E-state index contributed by atoms with van der Waals surface area (Å²) in [5.41, 5.74) is 7.21. The second-order valence-corrected chi connectivity index (χ2v) is 14.5. The Balaban J connectivity index is 1.24. The Kier molecular flexibility index (Phi) is 6.29. The van der Waals surface area contributed by atoms with Gasteiger partial charge in [-0.15, -0.1) is 11.3 Å². The van der Waals surface area contributed by atoms with Gasteiger partial charge in [0.25, 0.3) is 0 Å². The van der Waals surface area contributed by atoms with Crippen LogP contribution in [0.25, 0.3) is 104 Å². The third-order valence-electron chi connectivity index (χ3n) is 10.2. The molecular weight excluding hydrogens is 701 g/mol. The Labute approximate surface area is 336 Å². The fourth-order valence-electron chi connectivity index (χ4n) is 7.69. The van der Waals surface area contributed by atoms with Crippen molar-refractivity contribution in [3.63, 3.8) is 0 Å².